The normalized spacial score (nSPS) is 22.4. The fourth-order valence-corrected chi connectivity index (χ4v) is 4.36. The zero-order chi connectivity index (χ0) is 17.0. The molecule has 2 aliphatic heterocycles. The second-order valence-electron chi connectivity index (χ2n) is 5.96. The first kappa shape index (κ1) is 17.3. The summed E-state index contributed by atoms with van der Waals surface area (Å²) in [5, 5.41) is 2.80. The van der Waals surface area contributed by atoms with Gasteiger partial charge in [0.25, 0.3) is 5.91 Å². The van der Waals surface area contributed by atoms with Crippen molar-refractivity contribution in [1.29, 1.82) is 0 Å². The third kappa shape index (κ3) is 4.32. The van der Waals surface area contributed by atoms with Crippen molar-refractivity contribution < 1.29 is 22.7 Å². The van der Waals surface area contributed by atoms with Crippen LogP contribution in [0.4, 0.5) is 5.69 Å². The molecule has 8 heteroatoms. The van der Waals surface area contributed by atoms with Gasteiger partial charge in [-0.15, -0.1) is 0 Å². The molecular weight excluding hydrogens is 332 g/mol. The monoisotopic (exact) mass is 354 g/mol. The van der Waals surface area contributed by atoms with Crippen molar-refractivity contribution in [3.8, 4) is 0 Å². The Kier molecular flexibility index (Phi) is 5.50. The van der Waals surface area contributed by atoms with Crippen LogP contribution in [0.3, 0.4) is 0 Å². The summed E-state index contributed by atoms with van der Waals surface area (Å²) >= 11 is 0. The summed E-state index contributed by atoms with van der Waals surface area (Å²) in [5.41, 5.74) is 1.23. The average Bonchev–Trinajstić information content (AvgIpc) is 3.10. The molecule has 0 spiro atoms. The highest BCUT2D eigenvalue weighted by atomic mass is 32.2. The van der Waals surface area contributed by atoms with Gasteiger partial charge in [0.05, 0.1) is 19.0 Å². The third-order valence-electron chi connectivity index (χ3n) is 4.13. The molecule has 0 radical (unpaired) electrons. The fraction of sp³-hybridized carbons (Fsp3) is 0.562. The highest BCUT2D eigenvalue weighted by Crippen LogP contribution is 2.18. The molecule has 0 saturated carbocycles. The SMILES string of the molecule is O=C(Nc1cccc(CS(=O)(=O)N2CCOCC2)c1)[C@@H]1CCCO1. The van der Waals surface area contributed by atoms with Crippen LogP contribution in [0.25, 0.3) is 0 Å². The van der Waals surface area contributed by atoms with Crippen LogP contribution in [0.5, 0.6) is 0 Å². The van der Waals surface area contributed by atoms with E-state index in [0.717, 1.165) is 12.8 Å². The van der Waals surface area contributed by atoms with Gasteiger partial charge < -0.3 is 14.8 Å². The zero-order valence-electron chi connectivity index (χ0n) is 13.4. The van der Waals surface area contributed by atoms with Gasteiger partial charge in [-0.2, -0.15) is 4.31 Å². The summed E-state index contributed by atoms with van der Waals surface area (Å²) in [5.74, 6) is -0.267. The largest absolute Gasteiger partial charge is 0.379 e. The van der Waals surface area contributed by atoms with Crippen molar-refractivity contribution in [3.05, 3.63) is 29.8 Å². The Morgan fingerprint density at radius 1 is 1.25 bits per heavy atom. The second-order valence-corrected chi connectivity index (χ2v) is 7.93. The van der Waals surface area contributed by atoms with E-state index < -0.39 is 16.1 Å². The molecule has 1 amide bonds. The molecule has 24 heavy (non-hydrogen) atoms. The van der Waals surface area contributed by atoms with E-state index in [2.05, 4.69) is 5.32 Å². The second kappa shape index (κ2) is 7.60. The predicted octanol–water partition coefficient (Wildman–Crippen LogP) is 0.966. The standard InChI is InChI=1S/C16H22N2O5S/c19-16(15-5-2-8-23-15)17-14-4-1-3-13(11-14)12-24(20,21)18-6-9-22-10-7-18/h1,3-4,11,15H,2,5-10,12H2,(H,17,19)/t15-/m0/s1. The van der Waals surface area contributed by atoms with Crippen LogP contribution in [-0.2, 0) is 30.0 Å². The molecule has 0 aliphatic carbocycles. The molecule has 132 valence electrons. The Hall–Kier alpha value is -1.48. The maximum absolute atomic E-state index is 12.5. The summed E-state index contributed by atoms with van der Waals surface area (Å²) in [6, 6.07) is 6.94. The van der Waals surface area contributed by atoms with E-state index in [-0.39, 0.29) is 11.7 Å². The molecule has 2 fully saturated rings. The van der Waals surface area contributed by atoms with Crippen molar-refractivity contribution in [2.75, 3.05) is 38.2 Å². The van der Waals surface area contributed by atoms with Gasteiger partial charge >= 0.3 is 0 Å². The predicted molar refractivity (Wildman–Crippen MR) is 89.1 cm³/mol. The Morgan fingerprint density at radius 2 is 2.04 bits per heavy atom. The summed E-state index contributed by atoms with van der Waals surface area (Å²) in [4.78, 5) is 12.1. The molecule has 0 aromatic heterocycles. The summed E-state index contributed by atoms with van der Waals surface area (Å²) in [6.07, 6.45) is 1.19. The van der Waals surface area contributed by atoms with Gasteiger partial charge in [0.15, 0.2) is 0 Å². The summed E-state index contributed by atoms with van der Waals surface area (Å²) in [6.45, 7) is 2.24. The molecule has 2 saturated heterocycles. The molecule has 1 atom stereocenters. The molecule has 7 nitrogen and oxygen atoms in total. The van der Waals surface area contributed by atoms with Crippen molar-refractivity contribution >= 4 is 21.6 Å². The lowest BCUT2D eigenvalue weighted by atomic mass is 10.2. The van der Waals surface area contributed by atoms with Gasteiger partial charge in [0.2, 0.25) is 10.0 Å². The first-order valence-corrected chi connectivity index (χ1v) is 9.72. The Labute approximate surface area is 142 Å². The van der Waals surface area contributed by atoms with E-state index >= 15 is 0 Å². The van der Waals surface area contributed by atoms with E-state index in [9.17, 15) is 13.2 Å². The molecule has 0 bridgehead atoms. The van der Waals surface area contributed by atoms with E-state index in [1.807, 2.05) is 0 Å². The minimum Gasteiger partial charge on any atom is -0.379 e. The molecule has 3 rings (SSSR count). The van der Waals surface area contributed by atoms with Gasteiger partial charge in [-0.05, 0) is 30.5 Å². The highest BCUT2D eigenvalue weighted by molar-refractivity contribution is 7.88. The fourth-order valence-electron chi connectivity index (χ4n) is 2.87. The zero-order valence-corrected chi connectivity index (χ0v) is 14.3. The number of nitrogens with one attached hydrogen (secondary N) is 1. The molecular formula is C16H22N2O5S. The third-order valence-corrected chi connectivity index (χ3v) is 5.98. The number of sulfonamides is 1. The van der Waals surface area contributed by atoms with Crippen LogP contribution in [0.2, 0.25) is 0 Å². The molecule has 2 heterocycles. The highest BCUT2D eigenvalue weighted by Gasteiger charge is 2.25. The van der Waals surface area contributed by atoms with E-state index in [4.69, 9.17) is 9.47 Å². The lowest BCUT2D eigenvalue weighted by molar-refractivity contribution is -0.124. The van der Waals surface area contributed by atoms with Crippen molar-refractivity contribution in [2.24, 2.45) is 0 Å². The van der Waals surface area contributed by atoms with Crippen molar-refractivity contribution in [2.45, 2.75) is 24.7 Å². The maximum Gasteiger partial charge on any atom is 0.253 e. The number of rotatable bonds is 5. The number of amides is 1. The quantitative estimate of drug-likeness (QED) is 0.852. The lowest BCUT2D eigenvalue weighted by Crippen LogP contribution is -2.41. The van der Waals surface area contributed by atoms with Gasteiger partial charge in [0, 0.05) is 25.4 Å². The number of benzene rings is 1. The van der Waals surface area contributed by atoms with Crippen LogP contribution in [0.1, 0.15) is 18.4 Å². The number of hydrogen-bond donors (Lipinski definition) is 1. The van der Waals surface area contributed by atoms with E-state index in [1.54, 1.807) is 24.3 Å². The number of anilines is 1. The summed E-state index contributed by atoms with van der Waals surface area (Å²) < 4.78 is 36.9. The number of hydrogen-bond acceptors (Lipinski definition) is 5. The smallest absolute Gasteiger partial charge is 0.253 e. The minimum atomic E-state index is -3.38. The van der Waals surface area contributed by atoms with Crippen LogP contribution < -0.4 is 5.32 Å². The van der Waals surface area contributed by atoms with E-state index in [1.165, 1.54) is 4.31 Å². The Balaban J connectivity index is 1.65. The molecule has 2 aliphatic rings. The average molecular weight is 354 g/mol. The molecule has 1 N–H and O–H groups in total. The Morgan fingerprint density at radius 3 is 2.75 bits per heavy atom. The first-order valence-electron chi connectivity index (χ1n) is 8.11. The number of carbonyl (C=O) groups is 1. The van der Waals surface area contributed by atoms with Crippen LogP contribution in [-0.4, -0.2) is 57.6 Å². The van der Waals surface area contributed by atoms with Crippen LogP contribution in [0, 0.1) is 0 Å². The molecule has 0 unspecified atom stereocenters. The summed E-state index contributed by atoms with van der Waals surface area (Å²) in [7, 11) is -3.38. The van der Waals surface area contributed by atoms with Crippen LogP contribution >= 0.6 is 0 Å². The maximum atomic E-state index is 12.5. The number of ether oxygens (including phenoxy) is 2. The van der Waals surface area contributed by atoms with Gasteiger partial charge in [-0.25, -0.2) is 8.42 Å². The van der Waals surface area contributed by atoms with Crippen molar-refractivity contribution in [1.82, 2.24) is 4.31 Å². The van der Waals surface area contributed by atoms with Gasteiger partial charge in [-0.3, -0.25) is 4.79 Å². The number of carbonyl (C=O) groups excluding carboxylic acids is 1. The number of nitrogens with zero attached hydrogens (tertiary/aromatic N) is 1. The molecule has 1 aromatic rings. The topological polar surface area (TPSA) is 84.9 Å². The first-order chi connectivity index (χ1) is 11.5. The van der Waals surface area contributed by atoms with Crippen molar-refractivity contribution in [3.63, 3.8) is 0 Å². The Bertz CT molecular complexity index is 679. The van der Waals surface area contributed by atoms with Gasteiger partial charge in [-0.1, -0.05) is 12.1 Å². The van der Waals surface area contributed by atoms with Gasteiger partial charge in [0.1, 0.15) is 6.10 Å². The molecule has 1 aromatic carbocycles. The minimum absolute atomic E-state index is 0.0867. The number of morpholine rings is 1. The lowest BCUT2D eigenvalue weighted by Gasteiger charge is -2.26. The van der Waals surface area contributed by atoms with E-state index in [0.29, 0.717) is 44.2 Å². The van der Waals surface area contributed by atoms with Crippen LogP contribution in [0.15, 0.2) is 24.3 Å².